The molecule has 20 N–H and O–H groups in total. The van der Waals surface area contributed by atoms with Crippen molar-refractivity contribution in [2.24, 2.45) is 38.7 Å². The van der Waals surface area contributed by atoms with E-state index in [1.165, 1.54) is 26.4 Å². The van der Waals surface area contributed by atoms with E-state index in [0.29, 0.717) is 16.8 Å². The Balaban J connectivity index is 1.55. The Hall–Kier alpha value is -8.34. The molecule has 0 radical (unpaired) electrons. The van der Waals surface area contributed by atoms with Gasteiger partial charge in [0.15, 0.2) is 11.9 Å². The average molecular weight is 1120 g/mol. The second-order valence-corrected chi connectivity index (χ2v) is 20.8. The number of amides is 9. The van der Waals surface area contributed by atoms with Gasteiger partial charge in [-0.15, -0.1) is 0 Å². The number of rotatable bonds is 18. The maximum absolute atomic E-state index is 14.6. The van der Waals surface area contributed by atoms with E-state index >= 15 is 0 Å². The summed E-state index contributed by atoms with van der Waals surface area (Å²) in [7, 11) is 2.02. The van der Waals surface area contributed by atoms with Crippen molar-refractivity contribution in [1.82, 2.24) is 57.5 Å². The lowest BCUT2D eigenvalue weighted by Gasteiger charge is -2.27. The minimum Gasteiger partial charge on any atom is -0.370 e. The summed E-state index contributed by atoms with van der Waals surface area (Å²) in [5, 5.41) is 22.1. The third-order valence-electron chi connectivity index (χ3n) is 12.1. The first-order valence-corrected chi connectivity index (χ1v) is 27.4. The first-order valence-electron chi connectivity index (χ1n) is 24.9. The highest BCUT2D eigenvalue weighted by Gasteiger charge is 2.35. The van der Waals surface area contributed by atoms with Gasteiger partial charge in [-0.25, -0.2) is 4.98 Å². The van der Waals surface area contributed by atoms with Gasteiger partial charge in [-0.3, -0.25) is 53.1 Å². The van der Waals surface area contributed by atoms with E-state index in [1.54, 1.807) is 42.6 Å². The molecule has 1 fully saturated rings. The molecule has 5 rings (SSSR count). The molecule has 8 atom stereocenters. The molecule has 1 aliphatic rings. The predicted molar refractivity (Wildman–Crippen MR) is 295 cm³/mol. The van der Waals surface area contributed by atoms with E-state index in [0.717, 1.165) is 32.5 Å². The molecule has 1 aliphatic heterocycles. The van der Waals surface area contributed by atoms with Crippen LogP contribution in [0, 0.1) is 0 Å². The fraction of sp³-hybridized carbons (Fsp3) is 0.429. The number of carbonyl (C=O) groups is 9. The summed E-state index contributed by atoms with van der Waals surface area (Å²) in [6.07, 6.45) is 4.53. The monoisotopic (exact) mass is 1120 g/mol. The standard InChI is InChI=1S/C49H68N18O9S2/c1-26-41(70)63-37(20-30-22-55-25-59-30)46(75)64-35(18-28-10-4-3-5-11-28)44(73)62-34(15-9-17-57-49(53)54)43(72)65-36(19-29-21-58-32-13-7-6-12-31(29)32)45(74)66-38(40(50)69)23-77-78-24-39(47(76)60-26)67-42(71)33(61-27(2)68)14-8-16-56-48(51)52/h3-7,10-13,21-22,25-26,33-39,58H,8-9,14-20,23-24H2,1-2H3,(H2,50,69)(H,55,59)(H,60,76)(H,61,68)(H,62,73)(H,63,70)(H,64,75)(H,65,72)(H,66,74)(H,67,71)(H4,51,52,56)(H4,53,54,57)/t26-,33+,34?,35-,36?,37?,38?,39+/m1/s1. The second-order valence-electron chi connectivity index (χ2n) is 18.3. The first kappa shape index (κ1) is 60.5. The van der Waals surface area contributed by atoms with Crippen molar-refractivity contribution in [1.29, 1.82) is 0 Å². The SMILES string of the molecule is CC(=O)N[C@@H](CCCN=C(N)N)C(=O)N[C@H]1CSSCC(C(N)=O)NC(=O)C(Cc2c[nH]c3ccccc23)NC(=O)C(CCCN=C(N)N)NC(=O)[C@@H](Cc2ccccc2)NC(=O)C(Cc2cnc[nH]2)NC(=O)[C@@H](C)NC1=O. The van der Waals surface area contributed by atoms with Crippen LogP contribution < -0.4 is 71.2 Å². The summed E-state index contributed by atoms with van der Waals surface area (Å²) in [6, 6.07) is 5.16. The van der Waals surface area contributed by atoms with Crippen molar-refractivity contribution in [3.63, 3.8) is 0 Å². The average Bonchev–Trinajstić information content (AvgIpc) is 4.10. The quantitative estimate of drug-likeness (QED) is 0.0202. The van der Waals surface area contributed by atoms with Crippen molar-refractivity contribution in [2.75, 3.05) is 24.6 Å². The summed E-state index contributed by atoms with van der Waals surface area (Å²) < 4.78 is 0. The van der Waals surface area contributed by atoms with Gasteiger partial charge in [0.2, 0.25) is 53.2 Å². The molecule has 0 bridgehead atoms. The molecule has 2 aromatic carbocycles. The molecule has 3 heterocycles. The molecular formula is C49H68N18O9S2. The van der Waals surface area contributed by atoms with Crippen LogP contribution >= 0.6 is 21.6 Å². The zero-order valence-corrected chi connectivity index (χ0v) is 44.7. The Morgan fingerprint density at radius 3 is 1.92 bits per heavy atom. The van der Waals surface area contributed by atoms with E-state index in [4.69, 9.17) is 28.7 Å². The van der Waals surface area contributed by atoms with Crippen LogP contribution in [0.15, 0.2) is 83.3 Å². The highest BCUT2D eigenvalue weighted by atomic mass is 33.1. The van der Waals surface area contributed by atoms with Crippen LogP contribution in [0.4, 0.5) is 0 Å². The number of nitrogens with zero attached hydrogens (tertiary/aromatic N) is 3. The van der Waals surface area contributed by atoms with Gasteiger partial charge < -0.3 is 81.2 Å². The number of aromatic amines is 2. The van der Waals surface area contributed by atoms with Crippen molar-refractivity contribution in [3.05, 3.63) is 90.1 Å². The minimum atomic E-state index is -1.40. The number of aliphatic imine (C=N–C) groups is 2. The van der Waals surface area contributed by atoms with Gasteiger partial charge in [-0.2, -0.15) is 0 Å². The number of hydrogen-bond donors (Lipinski definition) is 15. The van der Waals surface area contributed by atoms with E-state index < -0.39 is 101 Å². The summed E-state index contributed by atoms with van der Waals surface area (Å²) in [5.74, 6) is -7.96. The summed E-state index contributed by atoms with van der Waals surface area (Å²) in [4.78, 5) is 144. The first-order chi connectivity index (χ1) is 37.3. The third kappa shape index (κ3) is 19.7. The predicted octanol–water partition coefficient (Wildman–Crippen LogP) is -3.18. The number of fused-ring (bicyclic) bond motifs is 1. The molecule has 4 aromatic rings. The molecule has 2 aromatic heterocycles. The molecular weight excluding hydrogens is 1050 g/mol. The lowest BCUT2D eigenvalue weighted by Crippen LogP contribution is -2.61. The lowest BCUT2D eigenvalue weighted by atomic mass is 10.0. The van der Waals surface area contributed by atoms with Crippen molar-refractivity contribution in [3.8, 4) is 0 Å². The number of nitrogens with one attached hydrogen (secondary N) is 10. The number of hydrogen-bond acceptors (Lipinski definition) is 14. The molecule has 0 spiro atoms. The number of aromatic nitrogens is 3. The van der Waals surface area contributed by atoms with Gasteiger partial charge in [0.1, 0.15) is 48.3 Å². The van der Waals surface area contributed by atoms with Crippen molar-refractivity contribution < 1.29 is 43.2 Å². The molecule has 9 amide bonds. The van der Waals surface area contributed by atoms with Gasteiger partial charge in [0.25, 0.3) is 0 Å². The molecule has 78 heavy (non-hydrogen) atoms. The third-order valence-corrected chi connectivity index (χ3v) is 14.5. The molecule has 420 valence electrons. The number of H-pyrrole nitrogens is 2. The number of guanidine groups is 2. The number of para-hydroxylation sites is 1. The fourth-order valence-electron chi connectivity index (χ4n) is 8.05. The van der Waals surface area contributed by atoms with E-state index in [1.807, 2.05) is 18.2 Å². The van der Waals surface area contributed by atoms with Gasteiger partial charge >= 0.3 is 0 Å². The number of imidazole rings is 1. The van der Waals surface area contributed by atoms with Gasteiger partial charge in [0, 0.05) is 79.8 Å². The number of nitrogens with two attached hydrogens (primary N) is 5. The molecule has 27 nitrogen and oxygen atoms in total. The van der Waals surface area contributed by atoms with Crippen LogP contribution in [0.2, 0.25) is 0 Å². The van der Waals surface area contributed by atoms with E-state index in [2.05, 4.69) is 67.5 Å². The summed E-state index contributed by atoms with van der Waals surface area (Å²) >= 11 is 0. The van der Waals surface area contributed by atoms with Crippen LogP contribution in [0.25, 0.3) is 10.9 Å². The smallest absolute Gasteiger partial charge is 0.244 e. The Morgan fingerprint density at radius 2 is 1.27 bits per heavy atom. The lowest BCUT2D eigenvalue weighted by molar-refractivity contribution is -0.135. The fourth-order valence-corrected chi connectivity index (χ4v) is 10.4. The normalized spacial score (nSPS) is 21.7. The molecule has 0 saturated carbocycles. The Kier molecular flexibility index (Phi) is 23.6. The zero-order chi connectivity index (χ0) is 56.7. The molecule has 0 aliphatic carbocycles. The van der Waals surface area contributed by atoms with Crippen LogP contribution in [-0.4, -0.2) is 153 Å². The van der Waals surface area contributed by atoms with Crippen molar-refractivity contribution in [2.45, 2.75) is 107 Å². The highest BCUT2D eigenvalue weighted by Crippen LogP contribution is 2.24. The Morgan fingerprint density at radius 1 is 0.679 bits per heavy atom. The molecule has 4 unspecified atom stereocenters. The maximum Gasteiger partial charge on any atom is 0.244 e. The second kappa shape index (κ2) is 30.4. The van der Waals surface area contributed by atoms with E-state index in [9.17, 15) is 43.2 Å². The molecule has 29 heteroatoms. The van der Waals surface area contributed by atoms with Crippen LogP contribution in [0.3, 0.4) is 0 Å². The summed E-state index contributed by atoms with van der Waals surface area (Å²) in [5.41, 5.74) is 30.3. The number of carbonyl (C=O) groups excluding carboxylic acids is 9. The maximum atomic E-state index is 14.6. The summed E-state index contributed by atoms with van der Waals surface area (Å²) in [6.45, 7) is 2.74. The van der Waals surface area contributed by atoms with E-state index in [-0.39, 0.29) is 81.5 Å². The molecule has 1 saturated heterocycles. The van der Waals surface area contributed by atoms with Gasteiger partial charge in [-0.05, 0) is 49.8 Å². The minimum absolute atomic E-state index is 0.0573. The van der Waals surface area contributed by atoms with Gasteiger partial charge in [0.05, 0.1) is 6.33 Å². The highest BCUT2D eigenvalue weighted by molar-refractivity contribution is 8.76. The Bertz CT molecular complexity index is 2770. The van der Waals surface area contributed by atoms with Crippen LogP contribution in [0.1, 0.15) is 56.4 Å². The largest absolute Gasteiger partial charge is 0.370 e. The Labute approximate surface area is 457 Å². The number of primary amides is 1. The van der Waals surface area contributed by atoms with Crippen molar-refractivity contribution >= 4 is 97.6 Å². The van der Waals surface area contributed by atoms with Gasteiger partial charge in [-0.1, -0.05) is 70.1 Å². The van der Waals surface area contributed by atoms with Crippen LogP contribution in [0.5, 0.6) is 0 Å². The topological polar surface area (TPSA) is 449 Å². The zero-order valence-electron chi connectivity index (χ0n) is 43.0. The van der Waals surface area contributed by atoms with Crippen LogP contribution in [-0.2, 0) is 62.4 Å². The number of benzene rings is 2.